The molecule has 0 saturated carbocycles. The van der Waals surface area contributed by atoms with Gasteiger partial charge in [-0.2, -0.15) is 0 Å². The van der Waals surface area contributed by atoms with Gasteiger partial charge in [-0.15, -0.1) is 0 Å². The van der Waals surface area contributed by atoms with Gasteiger partial charge in [-0.05, 0) is 57.4 Å². The van der Waals surface area contributed by atoms with Gasteiger partial charge in [0.2, 0.25) is 0 Å². The zero-order valence-electron chi connectivity index (χ0n) is 12.1. The highest BCUT2D eigenvalue weighted by Gasteiger charge is 2.22. The normalized spacial score (nSPS) is 18.9. The van der Waals surface area contributed by atoms with E-state index in [-0.39, 0.29) is 0 Å². The Hall–Kier alpha value is -1.07. The van der Waals surface area contributed by atoms with Gasteiger partial charge in [-0.3, -0.25) is 5.32 Å². The smallest absolute Gasteiger partial charge is 0.412 e. The monoisotopic (exact) mass is 340 g/mol. The fourth-order valence-electron chi connectivity index (χ4n) is 2.33. The van der Waals surface area contributed by atoms with E-state index in [2.05, 4.69) is 32.6 Å². The highest BCUT2D eigenvalue weighted by Crippen LogP contribution is 2.31. The van der Waals surface area contributed by atoms with Crippen LogP contribution in [0.5, 0.6) is 0 Å². The van der Waals surface area contributed by atoms with Crippen molar-refractivity contribution in [3.05, 3.63) is 28.2 Å². The second kappa shape index (κ2) is 6.14. The first-order valence-electron chi connectivity index (χ1n) is 6.85. The molecule has 1 heterocycles. The summed E-state index contributed by atoms with van der Waals surface area (Å²) in [6, 6.07) is 6.00. The molecule has 1 unspecified atom stereocenters. The number of hydrogen-bond donors (Lipinski definition) is 2. The fraction of sp³-hybridized carbons (Fsp3) is 0.533. The standard InChI is InChI=1S/C15H21BrN2O2/c1-15(2,3)20-14(19)18-13-8-11(16)4-5-12(13)10-6-7-17-9-10/h4-5,8,10,17H,6-7,9H2,1-3H3,(H,18,19). The lowest BCUT2D eigenvalue weighted by atomic mass is 9.96. The van der Waals surface area contributed by atoms with Crippen LogP contribution in [0.25, 0.3) is 0 Å². The molecule has 2 rings (SSSR count). The first-order valence-corrected chi connectivity index (χ1v) is 7.64. The third-order valence-electron chi connectivity index (χ3n) is 3.15. The molecule has 5 heteroatoms. The summed E-state index contributed by atoms with van der Waals surface area (Å²) in [5.41, 5.74) is 1.48. The lowest BCUT2D eigenvalue weighted by Gasteiger charge is -2.21. The van der Waals surface area contributed by atoms with Crippen LogP contribution in [0.15, 0.2) is 22.7 Å². The number of ether oxygens (including phenoxy) is 1. The van der Waals surface area contributed by atoms with Crippen LogP contribution in [-0.2, 0) is 4.74 Å². The number of nitrogens with one attached hydrogen (secondary N) is 2. The molecule has 1 saturated heterocycles. The Morgan fingerprint density at radius 3 is 2.80 bits per heavy atom. The summed E-state index contributed by atoms with van der Waals surface area (Å²) >= 11 is 3.45. The second-order valence-electron chi connectivity index (χ2n) is 6.05. The number of rotatable bonds is 2. The van der Waals surface area contributed by atoms with E-state index >= 15 is 0 Å². The first kappa shape index (κ1) is 15.3. The zero-order chi connectivity index (χ0) is 14.8. The van der Waals surface area contributed by atoms with Crippen LogP contribution in [0.4, 0.5) is 10.5 Å². The molecule has 20 heavy (non-hydrogen) atoms. The number of carbonyl (C=O) groups excluding carboxylic acids is 1. The zero-order valence-corrected chi connectivity index (χ0v) is 13.7. The molecule has 1 fully saturated rings. The minimum atomic E-state index is -0.495. The van der Waals surface area contributed by atoms with Crippen LogP contribution in [0.2, 0.25) is 0 Å². The Labute approximate surface area is 128 Å². The van der Waals surface area contributed by atoms with Crippen molar-refractivity contribution in [1.29, 1.82) is 0 Å². The maximum atomic E-state index is 11.9. The predicted octanol–water partition coefficient (Wildman–Crippen LogP) is 3.87. The third-order valence-corrected chi connectivity index (χ3v) is 3.64. The van der Waals surface area contributed by atoms with Crippen molar-refractivity contribution in [2.45, 2.75) is 38.7 Å². The first-order chi connectivity index (χ1) is 9.35. The molecule has 0 spiro atoms. The SMILES string of the molecule is CC(C)(C)OC(=O)Nc1cc(Br)ccc1C1CCNC1. The summed E-state index contributed by atoms with van der Waals surface area (Å²) in [4.78, 5) is 11.9. The molecule has 0 bridgehead atoms. The molecule has 1 aromatic carbocycles. The fourth-order valence-corrected chi connectivity index (χ4v) is 2.69. The van der Waals surface area contributed by atoms with Crippen molar-refractivity contribution in [2.75, 3.05) is 18.4 Å². The average Bonchev–Trinajstić information content (AvgIpc) is 2.79. The van der Waals surface area contributed by atoms with Gasteiger partial charge < -0.3 is 10.1 Å². The molecule has 1 aromatic rings. The van der Waals surface area contributed by atoms with E-state index in [9.17, 15) is 4.79 Å². The van der Waals surface area contributed by atoms with Gasteiger partial charge in [0.05, 0.1) is 0 Å². The van der Waals surface area contributed by atoms with Crippen LogP contribution in [-0.4, -0.2) is 24.8 Å². The molecule has 1 aliphatic rings. The second-order valence-corrected chi connectivity index (χ2v) is 6.96. The van der Waals surface area contributed by atoms with E-state index in [4.69, 9.17) is 4.74 Å². The van der Waals surface area contributed by atoms with Crippen LogP contribution < -0.4 is 10.6 Å². The van der Waals surface area contributed by atoms with Crippen molar-refractivity contribution >= 4 is 27.7 Å². The van der Waals surface area contributed by atoms with E-state index in [0.29, 0.717) is 5.92 Å². The van der Waals surface area contributed by atoms with Crippen molar-refractivity contribution in [3.63, 3.8) is 0 Å². The van der Waals surface area contributed by atoms with Crippen molar-refractivity contribution < 1.29 is 9.53 Å². The van der Waals surface area contributed by atoms with Crippen LogP contribution in [0.3, 0.4) is 0 Å². The Kier molecular flexibility index (Phi) is 4.70. The highest BCUT2D eigenvalue weighted by molar-refractivity contribution is 9.10. The largest absolute Gasteiger partial charge is 0.444 e. The van der Waals surface area contributed by atoms with Gasteiger partial charge in [0, 0.05) is 16.7 Å². The van der Waals surface area contributed by atoms with Crippen LogP contribution >= 0.6 is 15.9 Å². The predicted molar refractivity (Wildman–Crippen MR) is 84.2 cm³/mol. The molecular weight excluding hydrogens is 320 g/mol. The minimum absolute atomic E-state index is 0.414. The number of benzene rings is 1. The summed E-state index contributed by atoms with van der Waals surface area (Å²) in [5, 5.41) is 6.21. The van der Waals surface area contributed by atoms with E-state index in [1.807, 2.05) is 32.9 Å². The molecule has 2 N–H and O–H groups in total. The summed E-state index contributed by atoms with van der Waals surface area (Å²) < 4.78 is 6.26. The van der Waals surface area contributed by atoms with E-state index in [1.54, 1.807) is 0 Å². The lowest BCUT2D eigenvalue weighted by molar-refractivity contribution is 0.0636. The Morgan fingerprint density at radius 1 is 1.45 bits per heavy atom. The van der Waals surface area contributed by atoms with Crippen molar-refractivity contribution in [3.8, 4) is 0 Å². The number of carbonyl (C=O) groups is 1. The molecule has 4 nitrogen and oxygen atoms in total. The highest BCUT2D eigenvalue weighted by atomic mass is 79.9. The van der Waals surface area contributed by atoms with Gasteiger partial charge in [0.1, 0.15) is 5.60 Å². The number of anilines is 1. The molecule has 0 aliphatic carbocycles. The van der Waals surface area contributed by atoms with Crippen LogP contribution in [0, 0.1) is 0 Å². The van der Waals surface area contributed by atoms with Gasteiger partial charge in [-0.25, -0.2) is 4.79 Å². The molecule has 110 valence electrons. The van der Waals surface area contributed by atoms with E-state index in [1.165, 1.54) is 0 Å². The number of halogens is 1. The lowest BCUT2D eigenvalue weighted by Crippen LogP contribution is -2.27. The van der Waals surface area contributed by atoms with Crippen molar-refractivity contribution in [2.24, 2.45) is 0 Å². The minimum Gasteiger partial charge on any atom is -0.444 e. The van der Waals surface area contributed by atoms with Gasteiger partial charge in [-0.1, -0.05) is 22.0 Å². The Morgan fingerprint density at radius 2 is 2.20 bits per heavy atom. The Bertz CT molecular complexity index is 491. The van der Waals surface area contributed by atoms with Crippen LogP contribution in [0.1, 0.15) is 38.7 Å². The topological polar surface area (TPSA) is 50.4 Å². The average molecular weight is 341 g/mol. The van der Waals surface area contributed by atoms with Gasteiger partial charge in [0.15, 0.2) is 0 Å². The molecule has 0 aromatic heterocycles. The molecule has 0 radical (unpaired) electrons. The molecular formula is C15H21BrN2O2. The van der Waals surface area contributed by atoms with E-state index in [0.717, 1.165) is 35.2 Å². The molecule has 1 atom stereocenters. The summed E-state index contributed by atoms with van der Waals surface area (Å²) in [5.74, 6) is 0.438. The summed E-state index contributed by atoms with van der Waals surface area (Å²) in [7, 11) is 0. The quantitative estimate of drug-likeness (QED) is 0.858. The molecule has 1 aliphatic heterocycles. The summed E-state index contributed by atoms with van der Waals surface area (Å²) in [6.45, 7) is 7.54. The third kappa shape index (κ3) is 4.21. The summed E-state index contributed by atoms with van der Waals surface area (Å²) in [6.07, 6.45) is 0.674. The van der Waals surface area contributed by atoms with E-state index < -0.39 is 11.7 Å². The van der Waals surface area contributed by atoms with Crippen molar-refractivity contribution in [1.82, 2.24) is 5.32 Å². The maximum Gasteiger partial charge on any atom is 0.412 e. The van der Waals surface area contributed by atoms with Gasteiger partial charge in [0.25, 0.3) is 0 Å². The maximum absolute atomic E-state index is 11.9. The van der Waals surface area contributed by atoms with Gasteiger partial charge >= 0.3 is 6.09 Å². The Balaban J connectivity index is 2.17. The number of amides is 1. The number of hydrogen-bond acceptors (Lipinski definition) is 3. The molecule has 1 amide bonds.